The first kappa shape index (κ1) is 11.4. The molecule has 1 aromatic rings. The Kier molecular flexibility index (Phi) is 3.67. The Morgan fingerprint density at radius 2 is 2.40 bits per heavy atom. The predicted octanol–water partition coefficient (Wildman–Crippen LogP) is 3.40. The van der Waals surface area contributed by atoms with Gasteiger partial charge in [-0.05, 0) is 30.2 Å². The smallest absolute Gasteiger partial charge is 0.0590 e. The van der Waals surface area contributed by atoms with Crippen molar-refractivity contribution in [3.8, 4) is 0 Å². The van der Waals surface area contributed by atoms with Crippen LogP contribution in [0, 0.1) is 12.8 Å². The van der Waals surface area contributed by atoms with Crippen molar-refractivity contribution in [2.24, 2.45) is 11.8 Å². The van der Waals surface area contributed by atoms with Gasteiger partial charge in [0.2, 0.25) is 0 Å². The van der Waals surface area contributed by atoms with Crippen molar-refractivity contribution in [3.63, 3.8) is 0 Å². The van der Waals surface area contributed by atoms with E-state index in [1.807, 2.05) is 6.92 Å². The maximum absolute atomic E-state index is 6.24. The van der Waals surface area contributed by atoms with Gasteiger partial charge in [0.25, 0.3) is 0 Å². The summed E-state index contributed by atoms with van der Waals surface area (Å²) in [6.45, 7) is 2.04. The van der Waals surface area contributed by atoms with Crippen molar-refractivity contribution in [1.29, 1.82) is 0 Å². The van der Waals surface area contributed by atoms with Crippen LogP contribution < -0.4 is 11.3 Å². The van der Waals surface area contributed by atoms with Crippen LogP contribution >= 0.6 is 22.9 Å². The molecule has 2 nitrogen and oxygen atoms in total. The highest BCUT2D eigenvalue weighted by atomic mass is 35.5. The lowest BCUT2D eigenvalue weighted by Crippen LogP contribution is -2.30. The van der Waals surface area contributed by atoms with Crippen LogP contribution in [0.15, 0.2) is 5.38 Å². The van der Waals surface area contributed by atoms with Gasteiger partial charge in [0, 0.05) is 4.88 Å². The summed E-state index contributed by atoms with van der Waals surface area (Å²) in [6.07, 6.45) is 5.19. The quantitative estimate of drug-likeness (QED) is 0.629. The molecular weight excluding hydrogens is 228 g/mol. The Hall–Kier alpha value is -0.0900. The molecule has 0 radical (unpaired) electrons. The molecular formula is C11H17ClN2S. The van der Waals surface area contributed by atoms with Gasteiger partial charge in [0.15, 0.2) is 0 Å². The molecule has 1 unspecified atom stereocenters. The minimum absolute atomic E-state index is 0.237. The zero-order valence-electron chi connectivity index (χ0n) is 8.92. The molecule has 0 aromatic carbocycles. The van der Waals surface area contributed by atoms with E-state index in [0.29, 0.717) is 0 Å². The van der Waals surface area contributed by atoms with E-state index in [1.54, 1.807) is 11.3 Å². The molecule has 0 bridgehead atoms. The number of thiophene rings is 1. The topological polar surface area (TPSA) is 38.0 Å². The normalized spacial score (nSPS) is 18.9. The second kappa shape index (κ2) is 4.83. The molecule has 2 rings (SSSR count). The van der Waals surface area contributed by atoms with Crippen LogP contribution in [0.2, 0.25) is 5.02 Å². The van der Waals surface area contributed by atoms with Gasteiger partial charge in [-0.3, -0.25) is 11.3 Å². The fraction of sp³-hybridized carbons (Fsp3) is 0.636. The zero-order valence-corrected chi connectivity index (χ0v) is 10.5. The van der Waals surface area contributed by atoms with E-state index in [0.717, 1.165) is 22.9 Å². The van der Waals surface area contributed by atoms with E-state index in [9.17, 15) is 0 Å². The van der Waals surface area contributed by atoms with Gasteiger partial charge in [-0.25, -0.2) is 0 Å². The summed E-state index contributed by atoms with van der Waals surface area (Å²) in [4.78, 5) is 1.20. The number of nitrogens with one attached hydrogen (secondary N) is 1. The second-order valence-electron chi connectivity index (χ2n) is 4.35. The van der Waals surface area contributed by atoms with E-state index in [4.69, 9.17) is 17.4 Å². The third-order valence-electron chi connectivity index (χ3n) is 3.24. The van der Waals surface area contributed by atoms with Crippen LogP contribution in [0.3, 0.4) is 0 Å². The minimum atomic E-state index is 0.237. The highest BCUT2D eigenvalue weighted by molar-refractivity contribution is 7.10. The average Bonchev–Trinajstić information content (AvgIpc) is 2.48. The molecule has 1 heterocycles. The Bertz CT molecular complexity index is 333. The lowest BCUT2D eigenvalue weighted by molar-refractivity contribution is 0.263. The highest BCUT2D eigenvalue weighted by Crippen LogP contribution is 2.39. The van der Waals surface area contributed by atoms with Crippen LogP contribution in [-0.2, 0) is 0 Å². The van der Waals surface area contributed by atoms with Gasteiger partial charge < -0.3 is 0 Å². The predicted molar refractivity (Wildman–Crippen MR) is 66.1 cm³/mol. The molecule has 15 heavy (non-hydrogen) atoms. The number of hydrazine groups is 1. The van der Waals surface area contributed by atoms with Crippen molar-refractivity contribution >= 4 is 22.9 Å². The van der Waals surface area contributed by atoms with Crippen LogP contribution in [-0.4, -0.2) is 0 Å². The van der Waals surface area contributed by atoms with Gasteiger partial charge in [0.05, 0.1) is 11.1 Å². The van der Waals surface area contributed by atoms with Gasteiger partial charge >= 0.3 is 0 Å². The van der Waals surface area contributed by atoms with E-state index in [1.165, 1.54) is 24.1 Å². The summed E-state index contributed by atoms with van der Waals surface area (Å²) >= 11 is 7.95. The summed E-state index contributed by atoms with van der Waals surface area (Å²) in [5.74, 6) is 6.45. The molecule has 1 atom stereocenters. The molecule has 1 saturated carbocycles. The van der Waals surface area contributed by atoms with Crippen LogP contribution in [0.25, 0.3) is 0 Å². The lowest BCUT2D eigenvalue weighted by Gasteiger charge is -2.29. The lowest BCUT2D eigenvalue weighted by atomic mass is 9.80. The van der Waals surface area contributed by atoms with Crippen molar-refractivity contribution in [3.05, 3.63) is 20.8 Å². The van der Waals surface area contributed by atoms with Crippen molar-refractivity contribution < 1.29 is 0 Å². The molecule has 1 aromatic heterocycles. The minimum Gasteiger partial charge on any atom is -0.271 e. The van der Waals surface area contributed by atoms with Crippen molar-refractivity contribution in [2.45, 2.75) is 38.6 Å². The SMILES string of the molecule is Cc1csc(C(CC2CCC2)NN)c1Cl. The zero-order chi connectivity index (χ0) is 10.8. The number of rotatable bonds is 4. The number of aryl methyl sites for hydroxylation is 1. The summed E-state index contributed by atoms with van der Waals surface area (Å²) in [5.41, 5.74) is 4.06. The molecule has 0 amide bonds. The van der Waals surface area contributed by atoms with E-state index >= 15 is 0 Å². The standard InChI is InChI=1S/C11H17ClN2S/c1-7-6-15-11(10(7)12)9(14-13)5-8-3-2-4-8/h6,8-9,14H,2-5,13H2,1H3. The molecule has 0 spiro atoms. The summed E-state index contributed by atoms with van der Waals surface area (Å²) in [7, 11) is 0. The van der Waals surface area contributed by atoms with Crippen LogP contribution in [0.4, 0.5) is 0 Å². The second-order valence-corrected chi connectivity index (χ2v) is 5.64. The summed E-state index contributed by atoms with van der Waals surface area (Å²) in [6, 6.07) is 0.237. The third kappa shape index (κ3) is 2.36. The molecule has 1 aliphatic carbocycles. The maximum Gasteiger partial charge on any atom is 0.0590 e. The first-order valence-electron chi connectivity index (χ1n) is 5.42. The van der Waals surface area contributed by atoms with Crippen molar-refractivity contribution in [1.82, 2.24) is 5.43 Å². The Morgan fingerprint density at radius 3 is 2.80 bits per heavy atom. The first-order valence-corrected chi connectivity index (χ1v) is 6.67. The third-order valence-corrected chi connectivity index (χ3v) is 5.06. The van der Waals surface area contributed by atoms with Gasteiger partial charge in [-0.15, -0.1) is 11.3 Å². The van der Waals surface area contributed by atoms with E-state index in [-0.39, 0.29) is 6.04 Å². The molecule has 0 saturated heterocycles. The Balaban J connectivity index is 2.07. The average molecular weight is 245 g/mol. The summed E-state index contributed by atoms with van der Waals surface area (Å²) < 4.78 is 0. The number of nitrogens with two attached hydrogens (primary N) is 1. The number of hydrogen-bond donors (Lipinski definition) is 2. The fourth-order valence-electron chi connectivity index (χ4n) is 2.00. The van der Waals surface area contributed by atoms with E-state index in [2.05, 4.69) is 10.8 Å². The maximum atomic E-state index is 6.24. The van der Waals surface area contributed by atoms with Gasteiger partial charge in [0.1, 0.15) is 0 Å². The van der Waals surface area contributed by atoms with Crippen LogP contribution in [0.1, 0.15) is 42.2 Å². The van der Waals surface area contributed by atoms with Gasteiger partial charge in [-0.1, -0.05) is 30.9 Å². The molecule has 1 fully saturated rings. The number of hydrogen-bond acceptors (Lipinski definition) is 3. The molecule has 84 valence electrons. The molecule has 3 N–H and O–H groups in total. The first-order chi connectivity index (χ1) is 7.22. The Morgan fingerprint density at radius 1 is 1.67 bits per heavy atom. The largest absolute Gasteiger partial charge is 0.271 e. The highest BCUT2D eigenvalue weighted by Gasteiger charge is 2.24. The molecule has 0 aliphatic heterocycles. The fourth-order valence-corrected chi connectivity index (χ4v) is 3.40. The van der Waals surface area contributed by atoms with Crippen molar-refractivity contribution in [2.75, 3.05) is 0 Å². The van der Waals surface area contributed by atoms with Gasteiger partial charge in [-0.2, -0.15) is 0 Å². The Labute approximate surface area is 99.8 Å². The molecule has 1 aliphatic rings. The van der Waals surface area contributed by atoms with E-state index < -0.39 is 0 Å². The molecule has 4 heteroatoms. The van der Waals surface area contributed by atoms with Crippen LogP contribution in [0.5, 0.6) is 0 Å². The summed E-state index contributed by atoms with van der Waals surface area (Å²) in [5, 5.41) is 2.99. The number of halogens is 1. The monoisotopic (exact) mass is 244 g/mol.